The third-order valence-electron chi connectivity index (χ3n) is 3.94. The third-order valence-corrected chi connectivity index (χ3v) is 5.22. The number of nitrogens with one attached hydrogen (secondary N) is 1. The SMILES string of the molecule is Oc1c(C=NCCCN2CCOCC2)[nH]c2ccc(Br)c(Cl)c12. The number of halogens is 2. The summed E-state index contributed by atoms with van der Waals surface area (Å²) in [6.45, 7) is 5.40. The van der Waals surface area contributed by atoms with Crippen molar-refractivity contribution in [3.05, 3.63) is 27.3 Å². The number of fused-ring (bicyclic) bond motifs is 1. The maximum Gasteiger partial charge on any atom is 0.151 e. The Morgan fingerprint density at radius 3 is 2.96 bits per heavy atom. The Labute approximate surface area is 148 Å². The lowest BCUT2D eigenvalue weighted by Crippen LogP contribution is -2.37. The fourth-order valence-corrected chi connectivity index (χ4v) is 3.27. The molecule has 1 aromatic carbocycles. The van der Waals surface area contributed by atoms with Crippen LogP contribution in [0.2, 0.25) is 5.02 Å². The molecule has 1 fully saturated rings. The molecule has 0 bridgehead atoms. The first-order valence-electron chi connectivity index (χ1n) is 7.65. The van der Waals surface area contributed by atoms with Crippen LogP contribution in [0.3, 0.4) is 0 Å². The van der Waals surface area contributed by atoms with Gasteiger partial charge in [-0.3, -0.25) is 9.89 Å². The van der Waals surface area contributed by atoms with Crippen molar-refractivity contribution in [3.63, 3.8) is 0 Å². The number of hydrogen-bond donors (Lipinski definition) is 2. The van der Waals surface area contributed by atoms with Gasteiger partial charge in [-0.1, -0.05) is 11.6 Å². The van der Waals surface area contributed by atoms with Gasteiger partial charge in [-0.05, 0) is 34.5 Å². The molecule has 0 saturated carbocycles. The summed E-state index contributed by atoms with van der Waals surface area (Å²) in [5.74, 6) is 0.142. The molecule has 124 valence electrons. The first kappa shape index (κ1) is 16.8. The smallest absolute Gasteiger partial charge is 0.151 e. The molecule has 0 aliphatic carbocycles. The van der Waals surface area contributed by atoms with Crippen LogP contribution in [-0.2, 0) is 4.74 Å². The Morgan fingerprint density at radius 1 is 1.39 bits per heavy atom. The Kier molecular flexibility index (Phi) is 5.58. The topological polar surface area (TPSA) is 60.9 Å². The molecule has 3 rings (SSSR count). The second-order valence-electron chi connectivity index (χ2n) is 5.51. The summed E-state index contributed by atoms with van der Waals surface area (Å²) < 4.78 is 6.09. The molecular weight excluding hydrogens is 382 g/mol. The minimum absolute atomic E-state index is 0.142. The van der Waals surface area contributed by atoms with E-state index in [2.05, 4.69) is 30.8 Å². The monoisotopic (exact) mass is 399 g/mol. The van der Waals surface area contributed by atoms with E-state index in [4.69, 9.17) is 16.3 Å². The van der Waals surface area contributed by atoms with Gasteiger partial charge in [-0.15, -0.1) is 0 Å². The van der Waals surface area contributed by atoms with Gasteiger partial charge in [-0.2, -0.15) is 0 Å². The van der Waals surface area contributed by atoms with E-state index in [1.807, 2.05) is 12.1 Å². The Hall–Kier alpha value is -1.08. The summed E-state index contributed by atoms with van der Waals surface area (Å²) >= 11 is 9.59. The molecule has 2 heterocycles. The number of aliphatic imine (C=N–C) groups is 1. The van der Waals surface area contributed by atoms with E-state index in [0.717, 1.165) is 55.8 Å². The average molecular weight is 401 g/mol. The molecule has 0 radical (unpaired) electrons. The molecule has 0 amide bonds. The van der Waals surface area contributed by atoms with E-state index < -0.39 is 0 Å². The van der Waals surface area contributed by atoms with Crippen LogP contribution in [0.1, 0.15) is 12.1 Å². The lowest BCUT2D eigenvalue weighted by molar-refractivity contribution is 0.0377. The van der Waals surface area contributed by atoms with Crippen molar-refractivity contribution in [1.29, 1.82) is 0 Å². The Bertz CT molecular complexity index is 711. The van der Waals surface area contributed by atoms with E-state index in [9.17, 15) is 5.11 Å². The summed E-state index contributed by atoms with van der Waals surface area (Å²) in [6, 6.07) is 3.73. The minimum atomic E-state index is 0.142. The average Bonchev–Trinajstić information content (AvgIpc) is 2.88. The molecule has 1 saturated heterocycles. The summed E-state index contributed by atoms with van der Waals surface area (Å²) in [5.41, 5.74) is 1.39. The number of benzene rings is 1. The molecule has 23 heavy (non-hydrogen) atoms. The molecule has 1 aromatic heterocycles. The normalized spacial score (nSPS) is 16.6. The van der Waals surface area contributed by atoms with Gasteiger partial charge in [0, 0.05) is 36.9 Å². The zero-order chi connectivity index (χ0) is 16.2. The van der Waals surface area contributed by atoms with E-state index in [1.165, 1.54) is 0 Å². The van der Waals surface area contributed by atoms with Crippen molar-refractivity contribution in [3.8, 4) is 5.75 Å². The van der Waals surface area contributed by atoms with Gasteiger partial charge in [0.25, 0.3) is 0 Å². The predicted molar refractivity (Wildman–Crippen MR) is 97.0 cm³/mol. The van der Waals surface area contributed by atoms with Crippen molar-refractivity contribution in [2.75, 3.05) is 39.4 Å². The highest BCUT2D eigenvalue weighted by atomic mass is 79.9. The molecule has 1 aliphatic rings. The predicted octanol–water partition coefficient (Wildman–Crippen LogP) is 3.43. The largest absolute Gasteiger partial charge is 0.505 e. The van der Waals surface area contributed by atoms with Gasteiger partial charge in [0.15, 0.2) is 5.75 Å². The highest BCUT2D eigenvalue weighted by Crippen LogP contribution is 2.38. The highest BCUT2D eigenvalue weighted by molar-refractivity contribution is 9.10. The maximum absolute atomic E-state index is 10.3. The summed E-state index contributed by atoms with van der Waals surface area (Å²) in [7, 11) is 0. The minimum Gasteiger partial charge on any atom is -0.505 e. The molecule has 1 aliphatic heterocycles. The van der Waals surface area contributed by atoms with E-state index in [1.54, 1.807) is 6.21 Å². The zero-order valence-corrected chi connectivity index (χ0v) is 15.0. The van der Waals surface area contributed by atoms with Crippen LogP contribution < -0.4 is 0 Å². The molecular formula is C16H19BrClN3O2. The first-order chi connectivity index (χ1) is 11.2. The highest BCUT2D eigenvalue weighted by Gasteiger charge is 2.14. The molecule has 0 spiro atoms. The van der Waals surface area contributed by atoms with Crippen LogP contribution in [0.5, 0.6) is 5.75 Å². The van der Waals surface area contributed by atoms with Gasteiger partial charge >= 0.3 is 0 Å². The quantitative estimate of drug-likeness (QED) is 0.597. The fraction of sp³-hybridized carbons (Fsp3) is 0.438. The van der Waals surface area contributed by atoms with Gasteiger partial charge in [0.05, 0.1) is 34.8 Å². The van der Waals surface area contributed by atoms with Crippen LogP contribution in [-0.4, -0.2) is 60.6 Å². The van der Waals surface area contributed by atoms with Crippen molar-refractivity contribution < 1.29 is 9.84 Å². The van der Waals surface area contributed by atoms with E-state index in [-0.39, 0.29) is 5.75 Å². The van der Waals surface area contributed by atoms with Crippen molar-refractivity contribution in [1.82, 2.24) is 9.88 Å². The van der Waals surface area contributed by atoms with Crippen LogP contribution in [0.4, 0.5) is 0 Å². The maximum atomic E-state index is 10.3. The standard InChI is InChI=1S/C16H19BrClN3O2/c17-11-2-3-12-14(15(11)18)16(22)13(20-12)10-19-4-1-5-21-6-8-23-9-7-21/h2-3,10,20,22H,1,4-9H2. The molecule has 5 nitrogen and oxygen atoms in total. The van der Waals surface area contributed by atoms with Crippen LogP contribution in [0, 0.1) is 0 Å². The number of ether oxygens (including phenoxy) is 1. The third kappa shape index (κ3) is 3.88. The van der Waals surface area contributed by atoms with Crippen molar-refractivity contribution >= 4 is 44.6 Å². The lowest BCUT2D eigenvalue weighted by Gasteiger charge is -2.26. The lowest BCUT2D eigenvalue weighted by atomic mass is 10.2. The number of aromatic hydroxyl groups is 1. The second-order valence-corrected chi connectivity index (χ2v) is 6.75. The number of aromatic nitrogens is 1. The summed E-state index contributed by atoms with van der Waals surface area (Å²) in [4.78, 5) is 9.93. The summed E-state index contributed by atoms with van der Waals surface area (Å²) in [6.07, 6.45) is 2.67. The van der Waals surface area contributed by atoms with Gasteiger partial charge in [0.2, 0.25) is 0 Å². The zero-order valence-electron chi connectivity index (χ0n) is 12.7. The number of morpholine rings is 1. The van der Waals surface area contributed by atoms with Gasteiger partial charge in [-0.25, -0.2) is 0 Å². The molecule has 0 unspecified atom stereocenters. The van der Waals surface area contributed by atoms with E-state index >= 15 is 0 Å². The fourth-order valence-electron chi connectivity index (χ4n) is 2.68. The number of H-pyrrole nitrogens is 1. The van der Waals surface area contributed by atoms with Crippen molar-refractivity contribution in [2.45, 2.75) is 6.42 Å². The second kappa shape index (κ2) is 7.66. The Balaban J connectivity index is 1.60. The van der Waals surface area contributed by atoms with Gasteiger partial charge in [0.1, 0.15) is 0 Å². The number of aromatic amines is 1. The Morgan fingerprint density at radius 2 is 2.17 bits per heavy atom. The summed E-state index contributed by atoms with van der Waals surface area (Å²) in [5, 5.41) is 11.4. The van der Waals surface area contributed by atoms with Crippen LogP contribution in [0.15, 0.2) is 21.6 Å². The van der Waals surface area contributed by atoms with Crippen LogP contribution in [0.25, 0.3) is 10.9 Å². The molecule has 0 atom stereocenters. The number of hydrogen-bond acceptors (Lipinski definition) is 4. The number of rotatable bonds is 5. The van der Waals surface area contributed by atoms with E-state index in [0.29, 0.717) is 16.1 Å². The molecule has 2 aromatic rings. The number of nitrogens with zero attached hydrogens (tertiary/aromatic N) is 2. The molecule has 7 heteroatoms. The van der Waals surface area contributed by atoms with Crippen LogP contribution >= 0.6 is 27.5 Å². The van der Waals surface area contributed by atoms with Crippen molar-refractivity contribution in [2.24, 2.45) is 4.99 Å². The van der Waals surface area contributed by atoms with Gasteiger partial charge < -0.3 is 14.8 Å². The molecule has 2 N–H and O–H groups in total. The first-order valence-corrected chi connectivity index (χ1v) is 8.82.